The number of amides is 2. The zero-order valence-electron chi connectivity index (χ0n) is 12.7. The lowest BCUT2D eigenvalue weighted by molar-refractivity contribution is -0.123. The van der Waals surface area contributed by atoms with Crippen molar-refractivity contribution in [3.05, 3.63) is 64.1 Å². The zero-order valence-corrected chi connectivity index (χ0v) is 14.2. The van der Waals surface area contributed by atoms with Crippen LogP contribution in [0.4, 0.5) is 0 Å². The fraction of sp³-hybridized carbons (Fsp3) is 0.176. The molecule has 2 rings (SSSR count). The highest BCUT2D eigenvalue weighted by molar-refractivity contribution is 6.34. The van der Waals surface area contributed by atoms with Crippen molar-refractivity contribution in [3.8, 4) is 5.75 Å². The van der Waals surface area contributed by atoms with Crippen molar-refractivity contribution in [1.29, 1.82) is 0 Å². The van der Waals surface area contributed by atoms with Gasteiger partial charge in [0.25, 0.3) is 11.8 Å². The molecular weight excluding hydrogens is 351 g/mol. The van der Waals surface area contributed by atoms with Crippen LogP contribution in [-0.2, 0) is 4.79 Å². The maximum atomic E-state index is 11.8. The van der Waals surface area contributed by atoms with Crippen LogP contribution in [0.3, 0.4) is 0 Å². The summed E-state index contributed by atoms with van der Waals surface area (Å²) in [5.41, 5.74) is 0.572. The molecule has 0 saturated carbocycles. The molecule has 0 spiro atoms. The van der Waals surface area contributed by atoms with Gasteiger partial charge >= 0.3 is 0 Å². The van der Waals surface area contributed by atoms with E-state index < -0.39 is 0 Å². The van der Waals surface area contributed by atoms with Gasteiger partial charge in [-0.1, -0.05) is 41.4 Å². The number of halogens is 2. The van der Waals surface area contributed by atoms with Gasteiger partial charge in [0.2, 0.25) is 0 Å². The van der Waals surface area contributed by atoms with Crippen LogP contribution < -0.4 is 15.4 Å². The minimum absolute atomic E-state index is 0.188. The van der Waals surface area contributed by atoms with E-state index in [9.17, 15) is 9.59 Å². The summed E-state index contributed by atoms with van der Waals surface area (Å²) >= 11 is 11.8. The molecular formula is C17H16Cl2N2O3. The van der Waals surface area contributed by atoms with Gasteiger partial charge < -0.3 is 15.4 Å². The van der Waals surface area contributed by atoms with Crippen LogP contribution in [0, 0.1) is 0 Å². The first kappa shape index (κ1) is 18.1. The standard InChI is InChI=1S/C17H16Cl2N2O3/c18-13-6-7-14(19)15(10-13)24-11-16(22)20-8-9-21-17(23)12-4-2-1-3-5-12/h1-7,10H,8-9,11H2,(H,20,22)(H,21,23). The average Bonchev–Trinajstić information content (AvgIpc) is 2.60. The monoisotopic (exact) mass is 366 g/mol. The van der Waals surface area contributed by atoms with Crippen LogP contribution in [0.2, 0.25) is 10.0 Å². The molecule has 0 atom stereocenters. The van der Waals surface area contributed by atoms with Gasteiger partial charge in [-0.15, -0.1) is 0 Å². The fourth-order valence-corrected chi connectivity index (χ4v) is 2.19. The van der Waals surface area contributed by atoms with Crippen molar-refractivity contribution in [3.63, 3.8) is 0 Å². The van der Waals surface area contributed by atoms with E-state index in [1.807, 2.05) is 6.07 Å². The topological polar surface area (TPSA) is 67.4 Å². The molecule has 0 heterocycles. The first-order valence-electron chi connectivity index (χ1n) is 7.24. The predicted molar refractivity (Wildman–Crippen MR) is 93.7 cm³/mol. The molecule has 2 aromatic rings. The van der Waals surface area contributed by atoms with Crippen LogP contribution in [-0.4, -0.2) is 31.5 Å². The number of benzene rings is 2. The molecule has 0 saturated heterocycles. The summed E-state index contributed by atoms with van der Waals surface area (Å²) in [5, 5.41) is 6.20. The van der Waals surface area contributed by atoms with E-state index in [2.05, 4.69) is 10.6 Å². The highest BCUT2D eigenvalue weighted by atomic mass is 35.5. The normalized spacial score (nSPS) is 10.1. The quantitative estimate of drug-likeness (QED) is 0.740. The van der Waals surface area contributed by atoms with Gasteiger partial charge in [0.05, 0.1) is 5.02 Å². The maximum Gasteiger partial charge on any atom is 0.258 e. The van der Waals surface area contributed by atoms with Gasteiger partial charge in [0.1, 0.15) is 5.75 Å². The van der Waals surface area contributed by atoms with E-state index in [-0.39, 0.29) is 18.4 Å². The minimum Gasteiger partial charge on any atom is -0.482 e. The largest absolute Gasteiger partial charge is 0.482 e. The summed E-state index contributed by atoms with van der Waals surface area (Å²) in [6, 6.07) is 13.6. The smallest absolute Gasteiger partial charge is 0.258 e. The lowest BCUT2D eigenvalue weighted by Gasteiger charge is -2.09. The third kappa shape index (κ3) is 5.76. The summed E-state index contributed by atoms with van der Waals surface area (Å²) in [6.45, 7) is 0.425. The Hall–Kier alpha value is -2.24. The summed E-state index contributed by atoms with van der Waals surface area (Å²) in [5.74, 6) is -0.163. The molecule has 2 N–H and O–H groups in total. The molecule has 0 radical (unpaired) electrons. The number of hydrogen-bond acceptors (Lipinski definition) is 3. The van der Waals surface area contributed by atoms with Crippen LogP contribution >= 0.6 is 23.2 Å². The second kappa shape index (κ2) is 9.15. The molecule has 0 aliphatic rings. The average molecular weight is 367 g/mol. The lowest BCUT2D eigenvalue weighted by Crippen LogP contribution is -2.36. The first-order chi connectivity index (χ1) is 11.6. The molecule has 126 valence electrons. The Morgan fingerprint density at radius 3 is 2.42 bits per heavy atom. The minimum atomic E-state index is -0.319. The van der Waals surface area contributed by atoms with E-state index in [0.717, 1.165) is 0 Å². The lowest BCUT2D eigenvalue weighted by atomic mass is 10.2. The van der Waals surface area contributed by atoms with Crippen molar-refractivity contribution in [2.45, 2.75) is 0 Å². The Morgan fingerprint density at radius 2 is 1.67 bits per heavy atom. The Labute approximate surface area is 149 Å². The number of ether oxygens (including phenoxy) is 1. The van der Waals surface area contributed by atoms with Crippen LogP contribution in [0.15, 0.2) is 48.5 Å². The van der Waals surface area contributed by atoms with Gasteiger partial charge in [-0.3, -0.25) is 9.59 Å². The SMILES string of the molecule is O=C(COc1cc(Cl)ccc1Cl)NCCNC(=O)c1ccccc1. The second-order valence-electron chi connectivity index (χ2n) is 4.84. The van der Waals surface area contributed by atoms with Crippen molar-refractivity contribution in [1.82, 2.24) is 10.6 Å². The second-order valence-corrected chi connectivity index (χ2v) is 5.68. The number of hydrogen-bond donors (Lipinski definition) is 2. The molecule has 0 fully saturated rings. The molecule has 0 bridgehead atoms. The molecule has 2 aromatic carbocycles. The third-order valence-corrected chi connectivity index (χ3v) is 3.57. The van der Waals surface area contributed by atoms with Gasteiger partial charge in [0.15, 0.2) is 6.61 Å². The van der Waals surface area contributed by atoms with Crippen LogP contribution in [0.25, 0.3) is 0 Å². The van der Waals surface area contributed by atoms with Crippen LogP contribution in [0.1, 0.15) is 10.4 Å². The van der Waals surface area contributed by atoms with Crippen molar-refractivity contribution in [2.75, 3.05) is 19.7 Å². The van der Waals surface area contributed by atoms with Crippen molar-refractivity contribution in [2.24, 2.45) is 0 Å². The number of nitrogens with one attached hydrogen (secondary N) is 2. The van der Waals surface area contributed by atoms with E-state index in [1.165, 1.54) is 6.07 Å². The van der Waals surface area contributed by atoms with Gasteiger partial charge in [-0.25, -0.2) is 0 Å². The molecule has 2 amide bonds. The summed E-state index contributed by atoms with van der Waals surface area (Å²) in [7, 11) is 0. The van der Waals surface area contributed by atoms with Crippen molar-refractivity contribution >= 4 is 35.0 Å². The predicted octanol–water partition coefficient (Wildman–Crippen LogP) is 2.92. The fourth-order valence-electron chi connectivity index (χ4n) is 1.85. The van der Waals surface area contributed by atoms with E-state index in [0.29, 0.717) is 34.4 Å². The number of carbonyl (C=O) groups is 2. The molecule has 0 aliphatic heterocycles. The van der Waals surface area contributed by atoms with E-state index >= 15 is 0 Å². The highest BCUT2D eigenvalue weighted by Crippen LogP contribution is 2.27. The van der Waals surface area contributed by atoms with Crippen molar-refractivity contribution < 1.29 is 14.3 Å². The van der Waals surface area contributed by atoms with Crippen LogP contribution in [0.5, 0.6) is 5.75 Å². The van der Waals surface area contributed by atoms with Gasteiger partial charge in [-0.2, -0.15) is 0 Å². The molecule has 0 unspecified atom stereocenters. The molecule has 24 heavy (non-hydrogen) atoms. The molecule has 0 aliphatic carbocycles. The maximum absolute atomic E-state index is 11.8. The van der Waals surface area contributed by atoms with Gasteiger partial charge in [0, 0.05) is 29.7 Å². The van der Waals surface area contributed by atoms with Gasteiger partial charge in [-0.05, 0) is 24.3 Å². The summed E-state index contributed by atoms with van der Waals surface area (Å²) < 4.78 is 5.31. The molecule has 5 nitrogen and oxygen atoms in total. The molecule has 0 aromatic heterocycles. The summed E-state index contributed by atoms with van der Waals surface area (Å²) in [6.07, 6.45) is 0. The Bertz CT molecular complexity index is 708. The Kier molecular flexibility index (Phi) is 6.90. The number of carbonyl (C=O) groups excluding carboxylic acids is 2. The Balaban J connectivity index is 1.66. The third-order valence-electron chi connectivity index (χ3n) is 3.02. The summed E-state index contributed by atoms with van der Waals surface area (Å²) in [4.78, 5) is 23.5. The Morgan fingerprint density at radius 1 is 0.958 bits per heavy atom. The first-order valence-corrected chi connectivity index (χ1v) is 7.99. The zero-order chi connectivity index (χ0) is 17.4. The van der Waals surface area contributed by atoms with E-state index in [1.54, 1.807) is 36.4 Å². The highest BCUT2D eigenvalue weighted by Gasteiger charge is 2.07. The molecule has 7 heteroatoms. The number of rotatable bonds is 7. The van der Waals surface area contributed by atoms with E-state index in [4.69, 9.17) is 27.9 Å².